The summed E-state index contributed by atoms with van der Waals surface area (Å²) in [4.78, 5) is 3.24. The number of rotatable bonds is 5. The molecule has 0 unspecified atom stereocenters. The minimum Gasteiger partial charge on any atom is -0.418 e. The average Bonchev–Trinajstić information content (AvgIpc) is 2.53. The Hall–Kier alpha value is -1.01. The van der Waals surface area contributed by atoms with Crippen molar-refractivity contribution in [3.05, 3.63) is 17.7 Å². The van der Waals surface area contributed by atoms with Crippen LogP contribution in [0.3, 0.4) is 0 Å². The van der Waals surface area contributed by atoms with Gasteiger partial charge in [0.05, 0.1) is 7.05 Å². The lowest BCUT2D eigenvalue weighted by Gasteiger charge is -1.97. The van der Waals surface area contributed by atoms with Crippen molar-refractivity contribution in [1.82, 2.24) is 4.98 Å². The molecule has 106 valence electrons. The van der Waals surface area contributed by atoms with E-state index >= 15 is 0 Å². The molecule has 0 aliphatic rings. The summed E-state index contributed by atoms with van der Waals surface area (Å²) in [5.74, 6) is 1.24. The second kappa shape index (κ2) is 8.16. The van der Waals surface area contributed by atoms with Gasteiger partial charge in [0, 0.05) is 13.3 Å². The van der Waals surface area contributed by atoms with Crippen LogP contribution >= 0.6 is 0 Å². The Labute approximate surface area is 106 Å². The summed E-state index contributed by atoms with van der Waals surface area (Å²) in [7, 11) is -3.87. The summed E-state index contributed by atoms with van der Waals surface area (Å²) in [5.41, 5.74) is 1.42. The molecular weight excluding hydrogens is 247 g/mol. The predicted octanol–water partition coefficient (Wildman–Crippen LogP) is 3.57. The van der Waals surface area contributed by atoms with E-state index in [9.17, 15) is 17.3 Å². The zero-order valence-electron chi connectivity index (χ0n) is 11.1. The molecule has 0 saturated carbocycles. The van der Waals surface area contributed by atoms with E-state index in [1.165, 1.54) is 43.6 Å². The van der Waals surface area contributed by atoms with Crippen LogP contribution in [0, 0.1) is 6.92 Å². The van der Waals surface area contributed by atoms with Crippen molar-refractivity contribution in [2.45, 2.75) is 46.0 Å². The summed E-state index contributed by atoms with van der Waals surface area (Å²) < 4.78 is 41.2. The van der Waals surface area contributed by atoms with Gasteiger partial charge < -0.3 is 17.3 Å². The second-order valence-electron chi connectivity index (χ2n) is 4.23. The molecule has 0 spiro atoms. The van der Waals surface area contributed by atoms with Gasteiger partial charge >= 0.3 is 7.25 Å². The number of aromatic amines is 1. The van der Waals surface area contributed by atoms with Crippen LogP contribution in [0.25, 0.3) is 0 Å². The number of unbranched alkanes of at least 4 members (excludes halogenated alkanes) is 3. The first-order valence-corrected chi connectivity index (χ1v) is 6.16. The second-order valence-corrected chi connectivity index (χ2v) is 4.23. The Morgan fingerprint density at radius 1 is 1.17 bits per heavy atom. The van der Waals surface area contributed by atoms with Crippen molar-refractivity contribution in [2.24, 2.45) is 7.05 Å². The molecule has 1 N–H and O–H groups in total. The minimum atomic E-state index is -6.00. The highest BCUT2D eigenvalue weighted by molar-refractivity contribution is 6.50. The highest BCUT2D eigenvalue weighted by Crippen LogP contribution is 2.06. The first-order chi connectivity index (χ1) is 8.25. The van der Waals surface area contributed by atoms with Crippen molar-refractivity contribution in [2.75, 3.05) is 0 Å². The number of aromatic nitrogens is 2. The molecule has 7 heteroatoms. The first-order valence-electron chi connectivity index (χ1n) is 6.16. The van der Waals surface area contributed by atoms with Crippen LogP contribution in [0.4, 0.5) is 17.3 Å². The van der Waals surface area contributed by atoms with Gasteiger partial charge in [-0.2, -0.15) is 0 Å². The fourth-order valence-electron chi connectivity index (χ4n) is 1.57. The van der Waals surface area contributed by atoms with Gasteiger partial charge in [0.15, 0.2) is 0 Å². The van der Waals surface area contributed by atoms with Gasteiger partial charge in [-0.15, -0.1) is 0 Å². The number of hydrogen-bond acceptors (Lipinski definition) is 0. The number of H-pyrrole nitrogens is 1. The van der Waals surface area contributed by atoms with Gasteiger partial charge in [0.25, 0.3) is 5.82 Å². The van der Waals surface area contributed by atoms with Gasteiger partial charge in [-0.3, -0.25) is 0 Å². The van der Waals surface area contributed by atoms with Crippen LogP contribution in [0.1, 0.15) is 44.1 Å². The van der Waals surface area contributed by atoms with E-state index in [-0.39, 0.29) is 0 Å². The van der Waals surface area contributed by atoms with E-state index in [2.05, 4.69) is 36.6 Å². The maximum Gasteiger partial charge on any atom is 0.673 e. The molecule has 0 saturated heterocycles. The van der Waals surface area contributed by atoms with Gasteiger partial charge in [-0.1, -0.05) is 26.2 Å². The molecular formula is C11H21BF4N2. The summed E-state index contributed by atoms with van der Waals surface area (Å²) in [5, 5.41) is 0. The molecule has 0 bridgehead atoms. The quantitative estimate of drug-likeness (QED) is 0.364. The van der Waals surface area contributed by atoms with Crippen molar-refractivity contribution >= 4 is 7.25 Å². The molecule has 0 atom stereocenters. The van der Waals surface area contributed by atoms with Gasteiger partial charge in [0.1, 0.15) is 11.9 Å². The van der Waals surface area contributed by atoms with Gasteiger partial charge in [-0.25, -0.2) is 9.55 Å². The molecule has 2 nitrogen and oxygen atoms in total. The average molecular weight is 268 g/mol. The number of hydrogen-bond donors (Lipinski definition) is 1. The molecule has 0 fully saturated rings. The van der Waals surface area contributed by atoms with Crippen LogP contribution in [-0.4, -0.2) is 12.2 Å². The number of nitrogens with zero attached hydrogens (tertiary/aromatic N) is 1. The van der Waals surface area contributed by atoms with E-state index in [0.29, 0.717) is 0 Å². The van der Waals surface area contributed by atoms with Crippen LogP contribution in [0.15, 0.2) is 6.20 Å². The van der Waals surface area contributed by atoms with Crippen LogP contribution in [-0.2, 0) is 13.5 Å². The van der Waals surface area contributed by atoms with Gasteiger partial charge in [-0.05, 0) is 6.42 Å². The van der Waals surface area contributed by atoms with Crippen molar-refractivity contribution in [1.29, 1.82) is 0 Å². The smallest absolute Gasteiger partial charge is 0.418 e. The molecule has 1 rings (SSSR count). The molecule has 0 aromatic carbocycles. The number of aryl methyl sites for hydroxylation is 2. The van der Waals surface area contributed by atoms with Crippen molar-refractivity contribution in [3.8, 4) is 0 Å². The molecule has 0 radical (unpaired) electrons. The Kier molecular flexibility index (Phi) is 7.70. The van der Waals surface area contributed by atoms with Crippen molar-refractivity contribution in [3.63, 3.8) is 0 Å². The molecule has 1 aromatic rings. The molecule has 0 aliphatic heterocycles. The Morgan fingerprint density at radius 2 is 1.72 bits per heavy atom. The standard InChI is InChI=1S/C11H20N2.BF4/c1-4-5-6-7-8-11-9-12-10(2)13(11)3;2-1(3,4)5/h9H,4-8H2,1-3H3;/q;-1/p+1. The highest BCUT2D eigenvalue weighted by atomic mass is 19.5. The molecule has 0 amide bonds. The minimum absolute atomic E-state index is 1.21. The highest BCUT2D eigenvalue weighted by Gasteiger charge is 2.20. The summed E-state index contributed by atoms with van der Waals surface area (Å²) in [6.07, 6.45) is 8.70. The Morgan fingerprint density at radius 3 is 2.11 bits per heavy atom. The maximum absolute atomic E-state index is 9.75. The Balaban J connectivity index is 0.000000494. The molecule has 18 heavy (non-hydrogen) atoms. The van der Waals surface area contributed by atoms with Crippen LogP contribution < -0.4 is 4.57 Å². The summed E-state index contributed by atoms with van der Waals surface area (Å²) in [6, 6.07) is 0. The largest absolute Gasteiger partial charge is 0.673 e. The summed E-state index contributed by atoms with van der Waals surface area (Å²) in [6.45, 7) is 4.36. The fourth-order valence-corrected chi connectivity index (χ4v) is 1.57. The zero-order valence-corrected chi connectivity index (χ0v) is 11.1. The lowest BCUT2D eigenvalue weighted by Crippen LogP contribution is -2.33. The van der Waals surface area contributed by atoms with E-state index in [1.54, 1.807) is 0 Å². The van der Waals surface area contributed by atoms with E-state index in [0.717, 1.165) is 0 Å². The normalized spacial score (nSPS) is 11.1. The summed E-state index contributed by atoms with van der Waals surface area (Å²) >= 11 is 0. The number of nitrogens with one attached hydrogen (secondary N) is 1. The van der Waals surface area contributed by atoms with Crippen molar-refractivity contribution < 1.29 is 21.8 Å². The molecule has 1 heterocycles. The van der Waals surface area contributed by atoms with Crippen LogP contribution in [0.5, 0.6) is 0 Å². The van der Waals surface area contributed by atoms with E-state index in [1.807, 2.05) is 0 Å². The predicted molar refractivity (Wildman–Crippen MR) is 64.7 cm³/mol. The number of halogens is 4. The third-order valence-corrected chi connectivity index (χ3v) is 2.67. The third-order valence-electron chi connectivity index (χ3n) is 2.67. The maximum atomic E-state index is 9.75. The zero-order chi connectivity index (χ0) is 14.2. The van der Waals surface area contributed by atoms with E-state index < -0.39 is 7.25 Å². The third kappa shape index (κ3) is 9.07. The monoisotopic (exact) mass is 268 g/mol. The first kappa shape index (κ1) is 17.0. The molecule has 1 aromatic heterocycles. The number of imidazole rings is 1. The lowest BCUT2D eigenvalue weighted by atomic mass is 10.1. The van der Waals surface area contributed by atoms with E-state index in [4.69, 9.17) is 0 Å². The Bertz CT molecular complexity index is 330. The lowest BCUT2D eigenvalue weighted by molar-refractivity contribution is -0.683. The fraction of sp³-hybridized carbons (Fsp3) is 0.727. The SMILES string of the molecule is CCCCCCc1c[nH]c(C)[n+]1C.F[B-](F)(F)F. The van der Waals surface area contributed by atoms with Gasteiger partial charge in [0.2, 0.25) is 0 Å². The molecule has 0 aliphatic carbocycles. The van der Waals surface area contributed by atoms with Crippen LogP contribution in [0.2, 0.25) is 0 Å². The topological polar surface area (TPSA) is 19.7 Å².